The molecule has 2 aromatic heterocycles. The van der Waals surface area contributed by atoms with E-state index in [0.29, 0.717) is 16.5 Å². The Morgan fingerprint density at radius 3 is 2.76 bits per heavy atom. The van der Waals surface area contributed by atoms with Gasteiger partial charge in [0.05, 0.1) is 11.6 Å². The molecule has 1 aliphatic rings. The molecule has 0 atom stereocenters. The molecule has 1 saturated carbocycles. The Bertz CT molecular complexity index is 914. The molecule has 6 heteroatoms. The van der Waals surface area contributed by atoms with Crippen molar-refractivity contribution in [2.45, 2.75) is 37.5 Å². The average molecular weight is 355 g/mol. The molecule has 1 aromatic carbocycles. The third-order valence-corrected chi connectivity index (χ3v) is 5.29. The molecule has 1 amide bonds. The number of hydrogen-bond acceptors (Lipinski definition) is 3. The van der Waals surface area contributed by atoms with E-state index < -0.39 is 5.41 Å². The number of nitrogens with zero attached hydrogens (tertiary/aromatic N) is 3. The summed E-state index contributed by atoms with van der Waals surface area (Å²) >= 11 is 6.20. The molecule has 4 rings (SSSR count). The smallest absolute Gasteiger partial charge is 0.236 e. The molecule has 5 nitrogen and oxygen atoms in total. The molecule has 0 saturated heterocycles. The molecule has 1 fully saturated rings. The minimum Gasteiger partial charge on any atom is -0.310 e. The zero-order chi connectivity index (χ0) is 17.3. The van der Waals surface area contributed by atoms with Gasteiger partial charge in [0, 0.05) is 17.3 Å². The third kappa shape index (κ3) is 2.89. The Morgan fingerprint density at radius 1 is 1.12 bits per heavy atom. The van der Waals surface area contributed by atoms with Crippen LogP contribution in [-0.4, -0.2) is 20.5 Å². The molecule has 25 heavy (non-hydrogen) atoms. The van der Waals surface area contributed by atoms with Gasteiger partial charge in [-0.2, -0.15) is 9.61 Å². The van der Waals surface area contributed by atoms with E-state index in [1.165, 1.54) is 0 Å². The van der Waals surface area contributed by atoms with E-state index in [0.717, 1.165) is 37.7 Å². The van der Waals surface area contributed by atoms with Gasteiger partial charge in [0.1, 0.15) is 5.82 Å². The van der Waals surface area contributed by atoms with Gasteiger partial charge in [-0.05, 0) is 36.6 Å². The number of amides is 1. The Hall–Kier alpha value is -2.40. The molecular weight excluding hydrogens is 336 g/mol. The van der Waals surface area contributed by atoms with E-state index in [2.05, 4.69) is 15.4 Å². The van der Waals surface area contributed by atoms with E-state index in [4.69, 9.17) is 11.6 Å². The van der Waals surface area contributed by atoms with Crippen LogP contribution in [0.25, 0.3) is 5.65 Å². The van der Waals surface area contributed by atoms with Crippen LogP contribution in [-0.2, 0) is 10.2 Å². The fourth-order valence-corrected chi connectivity index (χ4v) is 3.94. The number of fused-ring (bicyclic) bond motifs is 1. The Labute approximate surface area is 151 Å². The predicted octanol–water partition coefficient (Wildman–Crippen LogP) is 4.22. The van der Waals surface area contributed by atoms with Crippen molar-refractivity contribution in [2.75, 3.05) is 5.32 Å². The summed E-state index contributed by atoms with van der Waals surface area (Å²) in [6, 6.07) is 11.3. The lowest BCUT2D eigenvalue weighted by molar-refractivity contribution is -0.122. The highest BCUT2D eigenvalue weighted by Gasteiger charge is 2.41. The van der Waals surface area contributed by atoms with Crippen LogP contribution in [0.1, 0.15) is 37.7 Å². The van der Waals surface area contributed by atoms with Gasteiger partial charge in [-0.3, -0.25) is 4.79 Å². The summed E-state index contributed by atoms with van der Waals surface area (Å²) in [6.45, 7) is 0. The first kappa shape index (κ1) is 16.1. The van der Waals surface area contributed by atoms with Gasteiger partial charge in [-0.1, -0.05) is 43.0 Å². The Morgan fingerprint density at radius 2 is 1.96 bits per heavy atom. The zero-order valence-electron chi connectivity index (χ0n) is 13.8. The number of rotatable bonds is 3. The number of nitrogens with one attached hydrogen (secondary N) is 1. The highest BCUT2D eigenvalue weighted by molar-refractivity contribution is 6.30. The highest BCUT2D eigenvalue weighted by atomic mass is 35.5. The Balaban J connectivity index is 1.72. The zero-order valence-corrected chi connectivity index (χ0v) is 14.5. The predicted molar refractivity (Wildman–Crippen MR) is 97.8 cm³/mol. The lowest BCUT2D eigenvalue weighted by Crippen LogP contribution is -2.42. The third-order valence-electron chi connectivity index (χ3n) is 5.05. The topological polar surface area (TPSA) is 59.3 Å². The van der Waals surface area contributed by atoms with Gasteiger partial charge >= 0.3 is 0 Å². The number of aromatic nitrogens is 3. The van der Waals surface area contributed by atoms with Crippen molar-refractivity contribution in [3.8, 4) is 0 Å². The van der Waals surface area contributed by atoms with Gasteiger partial charge in [0.25, 0.3) is 0 Å². The first-order chi connectivity index (χ1) is 12.2. The van der Waals surface area contributed by atoms with Crippen LogP contribution >= 0.6 is 11.6 Å². The molecular formula is C19H19ClN4O. The van der Waals surface area contributed by atoms with Crippen molar-refractivity contribution < 1.29 is 4.79 Å². The van der Waals surface area contributed by atoms with E-state index in [9.17, 15) is 4.79 Å². The van der Waals surface area contributed by atoms with Crippen molar-refractivity contribution in [2.24, 2.45) is 0 Å². The maximum atomic E-state index is 13.4. The lowest BCUT2D eigenvalue weighted by atomic mass is 9.68. The van der Waals surface area contributed by atoms with Crippen LogP contribution in [0, 0.1) is 0 Å². The number of carbonyl (C=O) groups is 1. The minimum absolute atomic E-state index is 0.00235. The summed E-state index contributed by atoms with van der Waals surface area (Å²) in [7, 11) is 0. The summed E-state index contributed by atoms with van der Waals surface area (Å²) < 4.78 is 1.65. The number of benzene rings is 1. The molecule has 0 bridgehead atoms. The maximum absolute atomic E-state index is 13.4. The Kier molecular flexibility index (Phi) is 4.17. The van der Waals surface area contributed by atoms with Gasteiger partial charge < -0.3 is 5.32 Å². The van der Waals surface area contributed by atoms with Gasteiger partial charge in [0.15, 0.2) is 5.65 Å². The van der Waals surface area contributed by atoms with Gasteiger partial charge in [0.2, 0.25) is 5.91 Å². The standard InChI is InChI=1S/C19H19ClN4O/c20-15-6-4-5-14(13-15)19(9-2-1-3-10-19)18(25)23-17-7-11-21-16-8-12-22-24(16)17/h4-8,11-13H,1-3,9-10H2,(H,23,25). The maximum Gasteiger partial charge on any atom is 0.236 e. The molecule has 0 unspecified atom stereocenters. The summed E-state index contributed by atoms with van der Waals surface area (Å²) in [4.78, 5) is 17.6. The van der Waals surface area contributed by atoms with Crippen LogP contribution in [0.15, 0.2) is 48.8 Å². The van der Waals surface area contributed by atoms with Crippen LogP contribution in [0.4, 0.5) is 5.82 Å². The van der Waals surface area contributed by atoms with Crippen molar-refractivity contribution in [3.63, 3.8) is 0 Å². The average Bonchev–Trinajstić information content (AvgIpc) is 3.12. The summed E-state index contributed by atoms with van der Waals surface area (Å²) in [5.74, 6) is 0.629. The first-order valence-electron chi connectivity index (χ1n) is 8.55. The van der Waals surface area contributed by atoms with Crippen LogP contribution < -0.4 is 5.32 Å². The van der Waals surface area contributed by atoms with E-state index in [1.54, 1.807) is 23.0 Å². The molecule has 0 radical (unpaired) electrons. The number of carbonyl (C=O) groups excluding carboxylic acids is 1. The SMILES string of the molecule is O=C(Nc1ccnc2ccnn12)C1(c2cccc(Cl)c2)CCCCC1. The summed E-state index contributed by atoms with van der Waals surface area (Å²) in [5.41, 5.74) is 1.15. The summed E-state index contributed by atoms with van der Waals surface area (Å²) in [5, 5.41) is 7.98. The number of hydrogen-bond donors (Lipinski definition) is 1. The normalized spacial score (nSPS) is 16.7. The molecule has 0 spiro atoms. The van der Waals surface area contributed by atoms with Crippen molar-refractivity contribution in [3.05, 3.63) is 59.4 Å². The number of anilines is 1. The molecule has 3 aromatic rings. The summed E-state index contributed by atoms with van der Waals surface area (Å²) in [6.07, 6.45) is 8.24. The minimum atomic E-state index is -0.550. The van der Waals surface area contributed by atoms with Crippen molar-refractivity contribution in [1.82, 2.24) is 14.6 Å². The van der Waals surface area contributed by atoms with Crippen LogP contribution in [0.3, 0.4) is 0 Å². The quantitative estimate of drug-likeness (QED) is 0.766. The van der Waals surface area contributed by atoms with Gasteiger partial charge in [-0.15, -0.1) is 0 Å². The number of halogens is 1. The molecule has 1 aliphatic carbocycles. The second kappa shape index (κ2) is 6.48. The van der Waals surface area contributed by atoms with Crippen LogP contribution in [0.2, 0.25) is 5.02 Å². The molecule has 2 heterocycles. The molecule has 0 aliphatic heterocycles. The highest BCUT2D eigenvalue weighted by Crippen LogP contribution is 2.41. The lowest BCUT2D eigenvalue weighted by Gasteiger charge is -2.36. The van der Waals surface area contributed by atoms with E-state index >= 15 is 0 Å². The van der Waals surface area contributed by atoms with Crippen LogP contribution in [0.5, 0.6) is 0 Å². The van der Waals surface area contributed by atoms with Crippen molar-refractivity contribution >= 4 is 29.0 Å². The van der Waals surface area contributed by atoms with E-state index in [-0.39, 0.29) is 5.91 Å². The molecule has 128 valence electrons. The second-order valence-corrected chi connectivity index (χ2v) is 6.97. The van der Waals surface area contributed by atoms with E-state index in [1.807, 2.05) is 30.3 Å². The fourth-order valence-electron chi connectivity index (χ4n) is 3.75. The largest absolute Gasteiger partial charge is 0.310 e. The monoisotopic (exact) mass is 354 g/mol. The second-order valence-electron chi connectivity index (χ2n) is 6.54. The van der Waals surface area contributed by atoms with Gasteiger partial charge in [-0.25, -0.2) is 4.98 Å². The molecule has 1 N–H and O–H groups in total. The first-order valence-corrected chi connectivity index (χ1v) is 8.93. The van der Waals surface area contributed by atoms with Crippen molar-refractivity contribution in [1.29, 1.82) is 0 Å². The fraction of sp³-hybridized carbons (Fsp3) is 0.316.